The highest BCUT2D eigenvalue weighted by Crippen LogP contribution is 2.34. The van der Waals surface area contributed by atoms with Crippen LogP contribution in [-0.4, -0.2) is 18.6 Å². The molecule has 0 heterocycles. The van der Waals surface area contributed by atoms with Gasteiger partial charge in [-0.3, -0.25) is 0 Å². The summed E-state index contributed by atoms with van der Waals surface area (Å²) in [5.41, 5.74) is 5.99. The van der Waals surface area contributed by atoms with Crippen LogP contribution < -0.4 is 11.1 Å². The topological polar surface area (TPSA) is 38.0 Å². The highest BCUT2D eigenvalue weighted by atomic mass is 15.0. The summed E-state index contributed by atoms with van der Waals surface area (Å²) in [4.78, 5) is 0. The van der Waals surface area contributed by atoms with Gasteiger partial charge in [0.15, 0.2) is 0 Å². The number of rotatable bonds is 8. The first kappa shape index (κ1) is 12.0. The first-order valence-corrected chi connectivity index (χ1v) is 6.26. The Hall–Kier alpha value is -0.0800. The molecule has 1 saturated carbocycles. The quantitative estimate of drug-likeness (QED) is 0.628. The van der Waals surface area contributed by atoms with Gasteiger partial charge in [0.1, 0.15) is 0 Å². The summed E-state index contributed by atoms with van der Waals surface area (Å²) in [7, 11) is 0. The standard InChI is InChI=1S/C12H26N2/c1-3-5-7-11(13)9-14-12-8-10(12)6-4-2/h10-12,14H,3-9,13H2,1-2H3. The molecule has 1 aliphatic rings. The summed E-state index contributed by atoms with van der Waals surface area (Å²) in [5, 5.41) is 3.58. The summed E-state index contributed by atoms with van der Waals surface area (Å²) < 4.78 is 0. The van der Waals surface area contributed by atoms with Crippen LogP contribution in [0.3, 0.4) is 0 Å². The van der Waals surface area contributed by atoms with Crippen LogP contribution >= 0.6 is 0 Å². The zero-order chi connectivity index (χ0) is 10.4. The molecule has 3 N–H and O–H groups in total. The van der Waals surface area contributed by atoms with E-state index in [-0.39, 0.29) is 0 Å². The molecule has 1 fully saturated rings. The molecular weight excluding hydrogens is 172 g/mol. The Kier molecular flexibility index (Phi) is 5.49. The summed E-state index contributed by atoms with van der Waals surface area (Å²) in [6.07, 6.45) is 7.80. The average Bonchev–Trinajstić information content (AvgIpc) is 2.91. The summed E-state index contributed by atoms with van der Waals surface area (Å²) >= 11 is 0. The lowest BCUT2D eigenvalue weighted by Gasteiger charge is -2.11. The van der Waals surface area contributed by atoms with Gasteiger partial charge in [-0.05, 0) is 25.2 Å². The van der Waals surface area contributed by atoms with E-state index in [0.29, 0.717) is 6.04 Å². The van der Waals surface area contributed by atoms with Gasteiger partial charge in [-0.2, -0.15) is 0 Å². The molecule has 0 aromatic carbocycles. The fourth-order valence-electron chi connectivity index (χ4n) is 2.06. The number of nitrogens with one attached hydrogen (secondary N) is 1. The zero-order valence-electron chi connectivity index (χ0n) is 9.76. The second kappa shape index (κ2) is 6.41. The molecule has 3 atom stereocenters. The Bertz CT molecular complexity index is 145. The summed E-state index contributed by atoms with van der Waals surface area (Å²) in [6, 6.07) is 1.17. The third-order valence-electron chi connectivity index (χ3n) is 3.15. The maximum atomic E-state index is 5.99. The maximum Gasteiger partial charge on any atom is 0.0165 e. The molecule has 0 aromatic heterocycles. The van der Waals surface area contributed by atoms with Crippen molar-refractivity contribution in [2.75, 3.05) is 6.54 Å². The van der Waals surface area contributed by atoms with Crippen LogP contribution in [0.25, 0.3) is 0 Å². The van der Waals surface area contributed by atoms with E-state index >= 15 is 0 Å². The predicted molar refractivity (Wildman–Crippen MR) is 62.3 cm³/mol. The molecule has 84 valence electrons. The van der Waals surface area contributed by atoms with Crippen LogP contribution in [-0.2, 0) is 0 Å². The molecule has 2 nitrogen and oxygen atoms in total. The van der Waals surface area contributed by atoms with Crippen LogP contribution in [0, 0.1) is 5.92 Å². The molecule has 0 spiro atoms. The molecule has 0 aliphatic heterocycles. The SMILES string of the molecule is CCCCC(N)CNC1CC1CCC. The Morgan fingerprint density at radius 2 is 2.14 bits per heavy atom. The van der Waals surface area contributed by atoms with Gasteiger partial charge in [0, 0.05) is 18.6 Å². The van der Waals surface area contributed by atoms with Crippen molar-refractivity contribution in [1.29, 1.82) is 0 Å². The second-order valence-corrected chi connectivity index (χ2v) is 4.70. The highest BCUT2D eigenvalue weighted by Gasteiger charge is 2.35. The zero-order valence-corrected chi connectivity index (χ0v) is 9.76. The minimum Gasteiger partial charge on any atom is -0.327 e. The van der Waals surface area contributed by atoms with E-state index in [1.165, 1.54) is 38.5 Å². The minimum absolute atomic E-state index is 0.373. The van der Waals surface area contributed by atoms with Gasteiger partial charge in [-0.1, -0.05) is 33.1 Å². The Labute approximate surface area is 88.6 Å². The van der Waals surface area contributed by atoms with E-state index < -0.39 is 0 Å². The second-order valence-electron chi connectivity index (χ2n) is 4.70. The highest BCUT2D eigenvalue weighted by molar-refractivity contribution is 4.93. The molecule has 1 rings (SSSR count). The summed E-state index contributed by atoms with van der Waals surface area (Å²) in [5.74, 6) is 0.957. The number of nitrogens with two attached hydrogens (primary N) is 1. The Balaban J connectivity index is 1.94. The predicted octanol–water partition coefficient (Wildman–Crippen LogP) is 2.28. The van der Waals surface area contributed by atoms with Crippen molar-refractivity contribution in [3.63, 3.8) is 0 Å². The summed E-state index contributed by atoms with van der Waals surface area (Å²) in [6.45, 7) is 5.51. The van der Waals surface area contributed by atoms with Gasteiger partial charge < -0.3 is 11.1 Å². The molecule has 3 unspecified atom stereocenters. The van der Waals surface area contributed by atoms with Crippen molar-refractivity contribution in [3.8, 4) is 0 Å². The monoisotopic (exact) mass is 198 g/mol. The molecule has 0 aromatic rings. The van der Waals surface area contributed by atoms with Crippen molar-refractivity contribution >= 4 is 0 Å². The fraction of sp³-hybridized carbons (Fsp3) is 1.00. The third-order valence-corrected chi connectivity index (χ3v) is 3.15. The van der Waals surface area contributed by atoms with Crippen LogP contribution in [0.1, 0.15) is 52.4 Å². The number of unbranched alkanes of at least 4 members (excludes halogenated alkanes) is 1. The molecule has 0 saturated heterocycles. The van der Waals surface area contributed by atoms with Gasteiger partial charge >= 0.3 is 0 Å². The molecular formula is C12H26N2. The minimum atomic E-state index is 0.373. The largest absolute Gasteiger partial charge is 0.327 e. The molecule has 14 heavy (non-hydrogen) atoms. The van der Waals surface area contributed by atoms with Crippen LogP contribution in [0.2, 0.25) is 0 Å². The van der Waals surface area contributed by atoms with Crippen LogP contribution in [0.5, 0.6) is 0 Å². The third kappa shape index (κ3) is 4.43. The fourth-order valence-corrected chi connectivity index (χ4v) is 2.06. The average molecular weight is 198 g/mol. The number of hydrogen-bond donors (Lipinski definition) is 2. The first-order valence-electron chi connectivity index (χ1n) is 6.26. The van der Waals surface area contributed by atoms with Crippen LogP contribution in [0.15, 0.2) is 0 Å². The molecule has 0 bridgehead atoms. The van der Waals surface area contributed by atoms with Crippen molar-refractivity contribution < 1.29 is 0 Å². The van der Waals surface area contributed by atoms with E-state index in [1.807, 2.05) is 0 Å². The smallest absolute Gasteiger partial charge is 0.0165 e. The van der Waals surface area contributed by atoms with E-state index in [9.17, 15) is 0 Å². The van der Waals surface area contributed by atoms with Crippen molar-refractivity contribution in [2.24, 2.45) is 11.7 Å². The molecule has 0 radical (unpaired) electrons. The van der Waals surface area contributed by atoms with Gasteiger partial charge in [0.05, 0.1) is 0 Å². The normalized spacial score (nSPS) is 27.6. The van der Waals surface area contributed by atoms with Gasteiger partial charge in [-0.25, -0.2) is 0 Å². The van der Waals surface area contributed by atoms with Gasteiger partial charge in [-0.15, -0.1) is 0 Å². The molecule has 1 aliphatic carbocycles. The van der Waals surface area contributed by atoms with E-state index in [0.717, 1.165) is 18.5 Å². The Morgan fingerprint density at radius 1 is 1.36 bits per heavy atom. The molecule has 0 amide bonds. The lowest BCUT2D eigenvalue weighted by atomic mass is 10.1. The van der Waals surface area contributed by atoms with Crippen molar-refractivity contribution in [2.45, 2.75) is 64.5 Å². The lowest BCUT2D eigenvalue weighted by Crippen LogP contribution is -2.35. The Morgan fingerprint density at radius 3 is 2.79 bits per heavy atom. The van der Waals surface area contributed by atoms with E-state index in [1.54, 1.807) is 0 Å². The van der Waals surface area contributed by atoms with Crippen molar-refractivity contribution in [1.82, 2.24) is 5.32 Å². The first-order chi connectivity index (χ1) is 6.77. The lowest BCUT2D eigenvalue weighted by molar-refractivity contribution is 0.506. The number of hydrogen-bond acceptors (Lipinski definition) is 2. The van der Waals surface area contributed by atoms with Crippen LogP contribution in [0.4, 0.5) is 0 Å². The van der Waals surface area contributed by atoms with Gasteiger partial charge in [0.25, 0.3) is 0 Å². The molecule has 2 heteroatoms. The van der Waals surface area contributed by atoms with Crippen molar-refractivity contribution in [3.05, 3.63) is 0 Å². The van der Waals surface area contributed by atoms with E-state index in [4.69, 9.17) is 5.73 Å². The van der Waals surface area contributed by atoms with E-state index in [2.05, 4.69) is 19.2 Å². The van der Waals surface area contributed by atoms with Gasteiger partial charge in [0.2, 0.25) is 0 Å². The maximum absolute atomic E-state index is 5.99.